The van der Waals surface area contributed by atoms with Gasteiger partial charge in [-0.3, -0.25) is 4.79 Å². The van der Waals surface area contributed by atoms with Crippen LogP contribution in [0.1, 0.15) is 11.1 Å². The number of aryl methyl sites for hydroxylation is 1. The Hall–Kier alpha value is -2.70. The lowest BCUT2D eigenvalue weighted by atomic mass is 10.1. The number of benzene rings is 2. The van der Waals surface area contributed by atoms with Crippen molar-refractivity contribution in [2.75, 3.05) is 44.4 Å². The molecule has 1 amide bonds. The van der Waals surface area contributed by atoms with Crippen LogP contribution in [-0.4, -0.2) is 50.0 Å². The molecule has 0 aliphatic rings. The quantitative estimate of drug-likeness (QED) is 0.609. The number of amides is 1. The number of carbonyl (C=O) groups excluding carboxylic acids is 1. The Morgan fingerprint density at radius 2 is 1.86 bits per heavy atom. The zero-order valence-corrected chi connectivity index (χ0v) is 17.6. The zero-order chi connectivity index (χ0) is 20.1. The third-order valence-electron chi connectivity index (χ3n) is 4.36. The predicted octanol–water partition coefficient (Wildman–Crippen LogP) is 4.25. The Bertz CT molecular complexity index is 976. The highest BCUT2D eigenvalue weighted by atomic mass is 32.1. The van der Waals surface area contributed by atoms with E-state index in [2.05, 4.69) is 36.3 Å². The van der Waals surface area contributed by atoms with Crippen LogP contribution in [0.5, 0.6) is 0 Å². The molecular formula is C22H26N4OS. The highest BCUT2D eigenvalue weighted by molar-refractivity contribution is 7.22. The van der Waals surface area contributed by atoms with Gasteiger partial charge in [0, 0.05) is 31.9 Å². The number of nitrogens with zero attached hydrogens (tertiary/aromatic N) is 3. The van der Waals surface area contributed by atoms with Crippen LogP contribution in [0.15, 0.2) is 48.5 Å². The minimum Gasteiger partial charge on any atom is -0.350 e. The van der Waals surface area contributed by atoms with E-state index >= 15 is 0 Å². The average molecular weight is 395 g/mol. The van der Waals surface area contributed by atoms with Gasteiger partial charge in [-0.2, -0.15) is 0 Å². The number of hydrogen-bond donors (Lipinski definition) is 1. The molecular weight excluding hydrogens is 368 g/mol. The van der Waals surface area contributed by atoms with Crippen molar-refractivity contribution in [2.24, 2.45) is 0 Å². The SMILES string of the molecule is Cc1ccc(/C=C/C(=O)Nc2ccc3nc(N(C)CCN(C)C)sc3c2)cc1. The number of thiazole rings is 1. The molecule has 0 spiro atoms. The monoisotopic (exact) mass is 394 g/mol. The van der Waals surface area contributed by atoms with Crippen molar-refractivity contribution >= 4 is 44.4 Å². The topological polar surface area (TPSA) is 48.5 Å². The fraction of sp³-hybridized carbons (Fsp3) is 0.273. The third kappa shape index (κ3) is 5.41. The molecule has 1 heterocycles. The van der Waals surface area contributed by atoms with Crippen LogP contribution in [0, 0.1) is 6.92 Å². The summed E-state index contributed by atoms with van der Waals surface area (Å²) < 4.78 is 1.06. The third-order valence-corrected chi connectivity index (χ3v) is 5.49. The molecule has 0 fully saturated rings. The van der Waals surface area contributed by atoms with Crippen molar-refractivity contribution in [3.05, 3.63) is 59.7 Å². The molecule has 3 aromatic rings. The van der Waals surface area contributed by atoms with E-state index in [0.29, 0.717) is 0 Å². The van der Waals surface area contributed by atoms with Gasteiger partial charge in [0.15, 0.2) is 5.13 Å². The van der Waals surface area contributed by atoms with E-state index in [1.54, 1.807) is 17.4 Å². The van der Waals surface area contributed by atoms with Crippen LogP contribution in [0.4, 0.5) is 10.8 Å². The lowest BCUT2D eigenvalue weighted by molar-refractivity contribution is -0.111. The van der Waals surface area contributed by atoms with E-state index in [4.69, 9.17) is 4.98 Å². The summed E-state index contributed by atoms with van der Waals surface area (Å²) in [5.74, 6) is -0.146. The highest BCUT2D eigenvalue weighted by Gasteiger charge is 2.10. The first-order valence-electron chi connectivity index (χ1n) is 9.23. The van der Waals surface area contributed by atoms with Gasteiger partial charge in [0.1, 0.15) is 0 Å². The molecule has 0 aliphatic carbocycles. The molecule has 0 atom stereocenters. The number of aromatic nitrogens is 1. The molecule has 0 bridgehead atoms. The molecule has 0 saturated carbocycles. The van der Waals surface area contributed by atoms with Crippen LogP contribution < -0.4 is 10.2 Å². The van der Waals surface area contributed by atoms with Crippen molar-refractivity contribution in [3.63, 3.8) is 0 Å². The van der Waals surface area contributed by atoms with Crippen molar-refractivity contribution < 1.29 is 4.79 Å². The van der Waals surface area contributed by atoms with E-state index < -0.39 is 0 Å². The van der Waals surface area contributed by atoms with Crippen LogP contribution in [0.2, 0.25) is 0 Å². The molecule has 6 heteroatoms. The summed E-state index contributed by atoms with van der Waals surface area (Å²) in [6, 6.07) is 13.9. The number of rotatable bonds is 7. The van der Waals surface area contributed by atoms with E-state index in [1.165, 1.54) is 5.56 Å². The Morgan fingerprint density at radius 1 is 1.11 bits per heavy atom. The summed E-state index contributed by atoms with van der Waals surface area (Å²) in [5.41, 5.74) is 3.93. The number of nitrogens with one attached hydrogen (secondary N) is 1. The lowest BCUT2D eigenvalue weighted by Crippen LogP contribution is -2.28. The Balaban J connectivity index is 1.66. The van der Waals surface area contributed by atoms with Crippen LogP contribution >= 0.6 is 11.3 Å². The molecule has 0 radical (unpaired) electrons. The van der Waals surface area contributed by atoms with Gasteiger partial charge in [0.05, 0.1) is 10.2 Å². The second-order valence-electron chi connectivity index (χ2n) is 7.14. The summed E-state index contributed by atoms with van der Waals surface area (Å²) in [6.45, 7) is 3.93. The van der Waals surface area contributed by atoms with Crippen molar-refractivity contribution in [2.45, 2.75) is 6.92 Å². The number of anilines is 2. The molecule has 3 rings (SSSR count). The fourth-order valence-corrected chi connectivity index (χ4v) is 3.62. The summed E-state index contributed by atoms with van der Waals surface area (Å²) in [4.78, 5) is 21.2. The zero-order valence-electron chi connectivity index (χ0n) is 16.8. The summed E-state index contributed by atoms with van der Waals surface area (Å²) in [6.07, 6.45) is 3.37. The van der Waals surface area contributed by atoms with Crippen LogP contribution in [0.25, 0.3) is 16.3 Å². The number of hydrogen-bond acceptors (Lipinski definition) is 5. The molecule has 0 unspecified atom stereocenters. The fourth-order valence-electron chi connectivity index (χ4n) is 2.63. The second-order valence-corrected chi connectivity index (χ2v) is 8.15. The number of likely N-dealkylation sites (N-methyl/N-ethyl adjacent to an activating group) is 2. The summed E-state index contributed by atoms with van der Waals surface area (Å²) >= 11 is 1.64. The largest absolute Gasteiger partial charge is 0.350 e. The van der Waals surface area contributed by atoms with E-state index in [1.807, 2.05) is 55.5 Å². The van der Waals surface area contributed by atoms with Gasteiger partial charge in [-0.1, -0.05) is 41.2 Å². The predicted molar refractivity (Wildman–Crippen MR) is 120 cm³/mol. The Labute approximate surface area is 170 Å². The van der Waals surface area contributed by atoms with Gasteiger partial charge < -0.3 is 15.1 Å². The van der Waals surface area contributed by atoms with Gasteiger partial charge in [0.25, 0.3) is 0 Å². The minimum atomic E-state index is -0.146. The highest BCUT2D eigenvalue weighted by Crippen LogP contribution is 2.30. The molecule has 0 aliphatic heterocycles. The maximum atomic E-state index is 12.2. The normalized spacial score (nSPS) is 11.5. The van der Waals surface area contributed by atoms with E-state index in [0.717, 1.165) is 39.7 Å². The smallest absolute Gasteiger partial charge is 0.248 e. The molecule has 146 valence electrons. The summed E-state index contributed by atoms with van der Waals surface area (Å²) in [7, 11) is 6.18. The van der Waals surface area contributed by atoms with E-state index in [9.17, 15) is 4.79 Å². The standard InChI is InChI=1S/C22H26N4OS/c1-16-5-7-17(8-6-16)9-12-21(27)23-18-10-11-19-20(15-18)28-22(24-19)26(4)14-13-25(2)3/h5-12,15H,13-14H2,1-4H3,(H,23,27)/b12-9+. The first-order chi connectivity index (χ1) is 13.4. The van der Waals surface area contributed by atoms with Crippen molar-refractivity contribution in [1.29, 1.82) is 0 Å². The second kappa shape index (κ2) is 8.99. The number of carbonyl (C=O) groups is 1. The maximum Gasteiger partial charge on any atom is 0.248 e. The molecule has 0 saturated heterocycles. The molecule has 5 nitrogen and oxygen atoms in total. The molecule has 2 aromatic carbocycles. The molecule has 28 heavy (non-hydrogen) atoms. The maximum absolute atomic E-state index is 12.2. The van der Waals surface area contributed by atoms with Crippen LogP contribution in [-0.2, 0) is 4.79 Å². The van der Waals surface area contributed by atoms with Crippen molar-refractivity contribution in [3.8, 4) is 0 Å². The van der Waals surface area contributed by atoms with Crippen LogP contribution in [0.3, 0.4) is 0 Å². The van der Waals surface area contributed by atoms with E-state index in [-0.39, 0.29) is 5.91 Å². The molecule has 1 N–H and O–H groups in total. The number of fused-ring (bicyclic) bond motifs is 1. The minimum absolute atomic E-state index is 0.146. The van der Waals surface area contributed by atoms with Gasteiger partial charge in [-0.15, -0.1) is 0 Å². The first-order valence-corrected chi connectivity index (χ1v) is 10.0. The van der Waals surface area contributed by atoms with Gasteiger partial charge >= 0.3 is 0 Å². The van der Waals surface area contributed by atoms with Crippen molar-refractivity contribution in [1.82, 2.24) is 9.88 Å². The van der Waals surface area contributed by atoms with Gasteiger partial charge in [-0.05, 0) is 50.9 Å². The summed E-state index contributed by atoms with van der Waals surface area (Å²) in [5, 5.41) is 3.91. The first kappa shape index (κ1) is 20.0. The van der Waals surface area contributed by atoms with Gasteiger partial charge in [-0.25, -0.2) is 4.98 Å². The lowest BCUT2D eigenvalue weighted by Gasteiger charge is -2.18. The molecule has 1 aromatic heterocycles. The van der Waals surface area contributed by atoms with Gasteiger partial charge in [0.2, 0.25) is 5.91 Å². The Kier molecular flexibility index (Phi) is 6.44. The Morgan fingerprint density at radius 3 is 2.57 bits per heavy atom. The average Bonchev–Trinajstić information content (AvgIpc) is 3.09.